The zero-order valence-electron chi connectivity index (χ0n) is 11.5. The molecule has 1 aromatic heterocycles. The van der Waals surface area contributed by atoms with Gasteiger partial charge in [-0.2, -0.15) is 0 Å². The lowest BCUT2D eigenvalue weighted by molar-refractivity contribution is 0.0951. The van der Waals surface area contributed by atoms with E-state index in [0.717, 1.165) is 12.2 Å². The van der Waals surface area contributed by atoms with E-state index in [0.29, 0.717) is 18.3 Å². The van der Waals surface area contributed by atoms with Crippen molar-refractivity contribution < 1.29 is 4.79 Å². The van der Waals surface area contributed by atoms with E-state index in [1.807, 2.05) is 27.1 Å². The van der Waals surface area contributed by atoms with Crippen LogP contribution in [0.5, 0.6) is 0 Å². The minimum atomic E-state index is -0.138. The lowest BCUT2D eigenvalue weighted by Crippen LogP contribution is -2.30. The molecule has 1 rings (SSSR count). The molecular formula is C13H22N4O. The van der Waals surface area contributed by atoms with Crippen LogP contribution in [0.25, 0.3) is 0 Å². The molecule has 0 bridgehead atoms. The van der Waals surface area contributed by atoms with Crippen molar-refractivity contribution in [3.8, 4) is 0 Å². The van der Waals surface area contributed by atoms with E-state index in [1.165, 1.54) is 0 Å². The van der Waals surface area contributed by atoms with Crippen LogP contribution in [0.3, 0.4) is 0 Å². The summed E-state index contributed by atoms with van der Waals surface area (Å²) in [4.78, 5) is 17.8. The SMILES string of the molecule is CCNC(=O)c1cc(NC(C)CN(C)C)ccn1. The lowest BCUT2D eigenvalue weighted by Gasteiger charge is -2.19. The molecule has 18 heavy (non-hydrogen) atoms. The van der Waals surface area contributed by atoms with Gasteiger partial charge in [-0.15, -0.1) is 0 Å². The first-order valence-electron chi connectivity index (χ1n) is 6.18. The number of hydrogen-bond acceptors (Lipinski definition) is 4. The Morgan fingerprint density at radius 1 is 1.50 bits per heavy atom. The molecule has 0 radical (unpaired) electrons. The molecule has 1 unspecified atom stereocenters. The molecule has 0 saturated heterocycles. The number of nitrogens with zero attached hydrogens (tertiary/aromatic N) is 2. The van der Waals surface area contributed by atoms with Gasteiger partial charge in [0.05, 0.1) is 0 Å². The van der Waals surface area contributed by atoms with Gasteiger partial charge >= 0.3 is 0 Å². The van der Waals surface area contributed by atoms with E-state index < -0.39 is 0 Å². The smallest absolute Gasteiger partial charge is 0.269 e. The van der Waals surface area contributed by atoms with Gasteiger partial charge in [0.2, 0.25) is 0 Å². The molecule has 5 nitrogen and oxygen atoms in total. The van der Waals surface area contributed by atoms with Crippen LogP contribution >= 0.6 is 0 Å². The topological polar surface area (TPSA) is 57.3 Å². The summed E-state index contributed by atoms with van der Waals surface area (Å²) in [6, 6.07) is 3.95. The molecule has 0 saturated carbocycles. The van der Waals surface area contributed by atoms with Gasteiger partial charge in [0, 0.05) is 31.0 Å². The van der Waals surface area contributed by atoms with Crippen LogP contribution < -0.4 is 10.6 Å². The first kappa shape index (κ1) is 14.4. The third kappa shape index (κ3) is 4.71. The van der Waals surface area contributed by atoms with Crippen LogP contribution in [0, 0.1) is 0 Å². The van der Waals surface area contributed by atoms with Crippen LogP contribution in [-0.4, -0.2) is 49.0 Å². The maximum absolute atomic E-state index is 11.7. The molecule has 5 heteroatoms. The summed E-state index contributed by atoms with van der Waals surface area (Å²) in [6.45, 7) is 5.53. The highest BCUT2D eigenvalue weighted by Crippen LogP contribution is 2.09. The van der Waals surface area contributed by atoms with Crippen molar-refractivity contribution in [3.05, 3.63) is 24.0 Å². The van der Waals surface area contributed by atoms with E-state index in [9.17, 15) is 4.79 Å². The van der Waals surface area contributed by atoms with E-state index in [-0.39, 0.29) is 5.91 Å². The number of rotatable bonds is 6. The van der Waals surface area contributed by atoms with Crippen molar-refractivity contribution in [1.82, 2.24) is 15.2 Å². The highest BCUT2D eigenvalue weighted by Gasteiger charge is 2.08. The number of carbonyl (C=O) groups is 1. The van der Waals surface area contributed by atoms with E-state index in [2.05, 4.69) is 27.4 Å². The predicted octanol–water partition coefficient (Wildman–Crippen LogP) is 1.19. The fourth-order valence-corrected chi connectivity index (χ4v) is 1.77. The molecule has 0 aromatic carbocycles. The summed E-state index contributed by atoms with van der Waals surface area (Å²) < 4.78 is 0. The second kappa shape index (κ2) is 6.96. The van der Waals surface area contributed by atoms with Gasteiger partial charge < -0.3 is 15.5 Å². The summed E-state index contributed by atoms with van der Waals surface area (Å²) in [5, 5.41) is 6.09. The predicted molar refractivity (Wildman–Crippen MR) is 73.9 cm³/mol. The van der Waals surface area contributed by atoms with Crippen molar-refractivity contribution in [2.45, 2.75) is 19.9 Å². The molecule has 1 aromatic rings. The van der Waals surface area contributed by atoms with E-state index in [4.69, 9.17) is 0 Å². The lowest BCUT2D eigenvalue weighted by atomic mass is 10.2. The Balaban J connectivity index is 2.67. The number of amides is 1. The molecule has 0 aliphatic heterocycles. The fourth-order valence-electron chi connectivity index (χ4n) is 1.77. The quantitative estimate of drug-likeness (QED) is 0.796. The number of nitrogens with one attached hydrogen (secondary N) is 2. The number of likely N-dealkylation sites (N-methyl/N-ethyl adjacent to an activating group) is 1. The van der Waals surface area contributed by atoms with E-state index in [1.54, 1.807) is 12.3 Å². The van der Waals surface area contributed by atoms with Gasteiger partial charge in [0.1, 0.15) is 5.69 Å². The van der Waals surface area contributed by atoms with Crippen molar-refractivity contribution in [2.24, 2.45) is 0 Å². The summed E-state index contributed by atoms with van der Waals surface area (Å²) in [5.41, 5.74) is 1.36. The Labute approximate surface area is 109 Å². The maximum atomic E-state index is 11.7. The Kier molecular flexibility index (Phi) is 5.58. The molecule has 0 aliphatic rings. The molecule has 1 atom stereocenters. The molecule has 0 aliphatic carbocycles. The van der Waals surface area contributed by atoms with Crippen molar-refractivity contribution in [3.63, 3.8) is 0 Å². The molecule has 0 spiro atoms. The zero-order chi connectivity index (χ0) is 13.5. The Bertz CT molecular complexity index is 392. The van der Waals surface area contributed by atoms with Gasteiger partial charge in [0.25, 0.3) is 5.91 Å². The van der Waals surface area contributed by atoms with Gasteiger partial charge in [-0.3, -0.25) is 9.78 Å². The number of aromatic nitrogens is 1. The van der Waals surface area contributed by atoms with Crippen LogP contribution in [0.2, 0.25) is 0 Å². The van der Waals surface area contributed by atoms with Crippen molar-refractivity contribution in [2.75, 3.05) is 32.5 Å². The van der Waals surface area contributed by atoms with Crippen LogP contribution in [0.4, 0.5) is 5.69 Å². The third-order valence-corrected chi connectivity index (χ3v) is 2.38. The highest BCUT2D eigenvalue weighted by molar-refractivity contribution is 5.93. The summed E-state index contributed by atoms with van der Waals surface area (Å²) >= 11 is 0. The van der Waals surface area contributed by atoms with Crippen LogP contribution in [-0.2, 0) is 0 Å². The number of hydrogen-bond donors (Lipinski definition) is 2. The molecule has 100 valence electrons. The number of anilines is 1. The second-order valence-corrected chi connectivity index (χ2v) is 4.60. The molecule has 2 N–H and O–H groups in total. The normalized spacial score (nSPS) is 12.3. The maximum Gasteiger partial charge on any atom is 0.269 e. The first-order valence-corrected chi connectivity index (χ1v) is 6.18. The monoisotopic (exact) mass is 250 g/mol. The van der Waals surface area contributed by atoms with Gasteiger partial charge in [0.15, 0.2) is 0 Å². The largest absolute Gasteiger partial charge is 0.381 e. The van der Waals surface area contributed by atoms with Crippen LogP contribution in [0.1, 0.15) is 24.3 Å². The van der Waals surface area contributed by atoms with Gasteiger partial charge in [-0.05, 0) is 40.1 Å². The van der Waals surface area contributed by atoms with Gasteiger partial charge in [-0.25, -0.2) is 0 Å². The number of pyridine rings is 1. The number of carbonyl (C=O) groups excluding carboxylic acids is 1. The fraction of sp³-hybridized carbons (Fsp3) is 0.538. The first-order chi connectivity index (χ1) is 8.52. The molecular weight excluding hydrogens is 228 g/mol. The summed E-state index contributed by atoms with van der Waals surface area (Å²) in [7, 11) is 4.07. The summed E-state index contributed by atoms with van der Waals surface area (Å²) in [5.74, 6) is -0.138. The zero-order valence-corrected chi connectivity index (χ0v) is 11.5. The molecule has 0 fully saturated rings. The molecule has 1 amide bonds. The van der Waals surface area contributed by atoms with Crippen LogP contribution in [0.15, 0.2) is 18.3 Å². The second-order valence-electron chi connectivity index (χ2n) is 4.60. The molecule has 1 heterocycles. The summed E-state index contributed by atoms with van der Waals surface area (Å²) in [6.07, 6.45) is 1.65. The third-order valence-electron chi connectivity index (χ3n) is 2.38. The Morgan fingerprint density at radius 2 is 2.22 bits per heavy atom. The van der Waals surface area contributed by atoms with E-state index >= 15 is 0 Å². The van der Waals surface area contributed by atoms with Crippen molar-refractivity contribution >= 4 is 11.6 Å². The minimum absolute atomic E-state index is 0.138. The Morgan fingerprint density at radius 3 is 2.83 bits per heavy atom. The standard InChI is InChI=1S/C13H22N4O/c1-5-14-13(18)12-8-11(6-7-15-12)16-10(2)9-17(3)4/h6-8,10H,5,9H2,1-4H3,(H,14,18)(H,15,16). The average molecular weight is 250 g/mol. The minimum Gasteiger partial charge on any atom is -0.381 e. The average Bonchev–Trinajstić information content (AvgIpc) is 2.28. The Hall–Kier alpha value is -1.62. The van der Waals surface area contributed by atoms with Crippen molar-refractivity contribution in [1.29, 1.82) is 0 Å². The highest BCUT2D eigenvalue weighted by atomic mass is 16.1. The van der Waals surface area contributed by atoms with Gasteiger partial charge in [-0.1, -0.05) is 0 Å².